The summed E-state index contributed by atoms with van der Waals surface area (Å²) in [4.78, 5) is 36.7. The molecule has 0 unspecified atom stereocenters. The number of carbonyl (C=O) groups excluding carboxylic acids is 2. The molecule has 0 saturated carbocycles. The second-order valence-corrected chi connectivity index (χ2v) is 8.85. The predicted octanol–water partition coefficient (Wildman–Crippen LogP) is 4.30. The lowest BCUT2D eigenvalue weighted by Crippen LogP contribution is -2.50. The highest BCUT2D eigenvalue weighted by atomic mass is 35.5. The highest BCUT2D eigenvalue weighted by Crippen LogP contribution is 2.21. The van der Waals surface area contributed by atoms with E-state index < -0.39 is 5.60 Å². The fraction of sp³-hybridized carbons (Fsp3) is 0.409. The molecule has 0 aliphatic carbocycles. The lowest BCUT2D eigenvalue weighted by molar-refractivity contribution is -0.0591. The van der Waals surface area contributed by atoms with Crippen LogP contribution in [0.25, 0.3) is 0 Å². The van der Waals surface area contributed by atoms with E-state index in [-0.39, 0.29) is 18.0 Å². The third-order valence-electron chi connectivity index (χ3n) is 4.63. The SMILES string of the molecule is CC(C)(C)ONC(=O)N1CCC[C@@H](Nc2ncccc2C(=O)Nc2cccc(Cl)c2)C1. The number of anilines is 2. The van der Waals surface area contributed by atoms with Gasteiger partial charge >= 0.3 is 6.03 Å². The van der Waals surface area contributed by atoms with E-state index in [2.05, 4.69) is 21.1 Å². The summed E-state index contributed by atoms with van der Waals surface area (Å²) in [6.07, 6.45) is 3.32. The van der Waals surface area contributed by atoms with Crippen molar-refractivity contribution in [2.45, 2.75) is 45.3 Å². The fourth-order valence-electron chi connectivity index (χ4n) is 3.20. The Morgan fingerprint density at radius 2 is 2.03 bits per heavy atom. The van der Waals surface area contributed by atoms with Gasteiger partial charge in [0.15, 0.2) is 0 Å². The van der Waals surface area contributed by atoms with E-state index in [0.29, 0.717) is 35.2 Å². The molecule has 1 aromatic carbocycles. The number of hydrogen-bond donors (Lipinski definition) is 3. The molecular weight excluding hydrogens is 418 g/mol. The van der Waals surface area contributed by atoms with Gasteiger partial charge in [0.1, 0.15) is 5.82 Å². The van der Waals surface area contributed by atoms with Crippen molar-refractivity contribution in [3.63, 3.8) is 0 Å². The molecule has 0 radical (unpaired) electrons. The van der Waals surface area contributed by atoms with E-state index in [1.54, 1.807) is 47.5 Å². The molecule has 31 heavy (non-hydrogen) atoms. The summed E-state index contributed by atoms with van der Waals surface area (Å²) >= 11 is 6.00. The number of nitrogens with zero attached hydrogens (tertiary/aromatic N) is 2. The summed E-state index contributed by atoms with van der Waals surface area (Å²) in [7, 11) is 0. The number of amides is 3. The first kappa shape index (κ1) is 22.8. The smallest absolute Gasteiger partial charge is 0.341 e. The quantitative estimate of drug-likeness (QED) is 0.596. The maximum absolute atomic E-state index is 12.8. The minimum absolute atomic E-state index is 0.0400. The fourth-order valence-corrected chi connectivity index (χ4v) is 3.39. The van der Waals surface area contributed by atoms with Crippen molar-refractivity contribution in [3.8, 4) is 0 Å². The molecule has 9 heteroatoms. The van der Waals surface area contributed by atoms with Crippen molar-refractivity contribution < 1.29 is 14.4 Å². The molecule has 1 aromatic heterocycles. The van der Waals surface area contributed by atoms with Crippen LogP contribution < -0.4 is 16.1 Å². The van der Waals surface area contributed by atoms with Crippen LogP contribution in [-0.4, -0.2) is 46.6 Å². The lowest BCUT2D eigenvalue weighted by atomic mass is 10.1. The molecule has 0 spiro atoms. The van der Waals surface area contributed by atoms with E-state index >= 15 is 0 Å². The van der Waals surface area contributed by atoms with E-state index in [1.807, 2.05) is 20.8 Å². The Bertz CT molecular complexity index is 931. The summed E-state index contributed by atoms with van der Waals surface area (Å²) in [5, 5.41) is 6.70. The zero-order valence-electron chi connectivity index (χ0n) is 17.9. The number of aromatic nitrogens is 1. The Balaban J connectivity index is 1.64. The summed E-state index contributed by atoms with van der Waals surface area (Å²) in [6.45, 7) is 6.72. The van der Waals surface area contributed by atoms with Crippen LogP contribution in [-0.2, 0) is 4.84 Å². The van der Waals surface area contributed by atoms with Crippen LogP contribution in [0.4, 0.5) is 16.3 Å². The van der Waals surface area contributed by atoms with E-state index in [4.69, 9.17) is 16.4 Å². The van der Waals surface area contributed by atoms with Crippen LogP contribution in [0, 0.1) is 0 Å². The second kappa shape index (κ2) is 9.98. The third kappa shape index (κ3) is 6.83. The molecule has 1 aliphatic heterocycles. The summed E-state index contributed by atoms with van der Waals surface area (Å²) in [6, 6.07) is 10.1. The molecule has 1 fully saturated rings. The molecule has 3 amide bonds. The van der Waals surface area contributed by atoms with Crippen molar-refractivity contribution in [1.82, 2.24) is 15.4 Å². The van der Waals surface area contributed by atoms with Gasteiger partial charge < -0.3 is 15.5 Å². The Kier molecular flexibility index (Phi) is 7.35. The molecule has 8 nitrogen and oxygen atoms in total. The van der Waals surface area contributed by atoms with Crippen molar-refractivity contribution in [3.05, 3.63) is 53.2 Å². The number of carbonyl (C=O) groups is 2. The van der Waals surface area contributed by atoms with Gasteiger partial charge in [-0.25, -0.2) is 15.3 Å². The normalized spacial score (nSPS) is 16.5. The molecule has 1 saturated heterocycles. The van der Waals surface area contributed by atoms with Gasteiger partial charge in [-0.2, -0.15) is 0 Å². The number of piperidine rings is 1. The van der Waals surface area contributed by atoms with Gasteiger partial charge in [-0.1, -0.05) is 17.7 Å². The molecule has 1 aliphatic rings. The standard InChI is InChI=1S/C22H28ClN5O3/c1-22(2,3)31-27-21(30)28-12-6-9-17(14-28)25-19-18(10-5-11-24-19)20(29)26-16-8-4-7-15(23)13-16/h4-5,7-8,10-11,13,17H,6,9,12,14H2,1-3H3,(H,24,25)(H,26,29)(H,27,30)/t17-/m1/s1. The van der Waals surface area contributed by atoms with E-state index in [0.717, 1.165) is 12.8 Å². The van der Waals surface area contributed by atoms with Crippen molar-refractivity contribution in [2.24, 2.45) is 0 Å². The van der Waals surface area contributed by atoms with Crippen LogP contribution in [0.15, 0.2) is 42.6 Å². The van der Waals surface area contributed by atoms with Gasteiger partial charge in [-0.3, -0.25) is 9.63 Å². The van der Waals surface area contributed by atoms with Crippen LogP contribution >= 0.6 is 11.6 Å². The Morgan fingerprint density at radius 1 is 1.23 bits per heavy atom. The predicted molar refractivity (Wildman–Crippen MR) is 121 cm³/mol. The first-order valence-electron chi connectivity index (χ1n) is 10.2. The summed E-state index contributed by atoms with van der Waals surface area (Å²) in [5.41, 5.74) is 3.06. The molecular formula is C22H28ClN5O3. The minimum atomic E-state index is -0.470. The number of pyridine rings is 1. The third-order valence-corrected chi connectivity index (χ3v) is 4.86. The minimum Gasteiger partial charge on any atom is -0.365 e. The van der Waals surface area contributed by atoms with Crippen LogP contribution in [0.5, 0.6) is 0 Å². The van der Waals surface area contributed by atoms with E-state index in [1.165, 1.54) is 0 Å². The van der Waals surface area contributed by atoms with Crippen molar-refractivity contribution in [2.75, 3.05) is 23.7 Å². The maximum Gasteiger partial charge on any atom is 0.341 e. The maximum atomic E-state index is 12.8. The molecule has 0 bridgehead atoms. The van der Waals surface area contributed by atoms with Gasteiger partial charge in [0.25, 0.3) is 5.91 Å². The Morgan fingerprint density at radius 3 is 2.77 bits per heavy atom. The van der Waals surface area contributed by atoms with Crippen LogP contribution in [0.3, 0.4) is 0 Å². The highest BCUT2D eigenvalue weighted by molar-refractivity contribution is 6.31. The monoisotopic (exact) mass is 445 g/mol. The van der Waals surface area contributed by atoms with Crippen molar-refractivity contribution in [1.29, 1.82) is 0 Å². The second-order valence-electron chi connectivity index (χ2n) is 8.42. The topological polar surface area (TPSA) is 95.6 Å². The molecule has 166 valence electrons. The number of hydrogen-bond acceptors (Lipinski definition) is 5. The van der Waals surface area contributed by atoms with Gasteiger partial charge in [0, 0.05) is 36.0 Å². The summed E-state index contributed by atoms with van der Waals surface area (Å²) < 4.78 is 0. The first-order valence-corrected chi connectivity index (χ1v) is 10.6. The van der Waals surface area contributed by atoms with Crippen LogP contribution in [0.2, 0.25) is 5.02 Å². The number of hydroxylamine groups is 1. The lowest BCUT2D eigenvalue weighted by Gasteiger charge is -2.34. The molecule has 2 heterocycles. The largest absolute Gasteiger partial charge is 0.365 e. The Hall–Kier alpha value is -2.84. The van der Waals surface area contributed by atoms with Gasteiger partial charge in [0.2, 0.25) is 0 Å². The van der Waals surface area contributed by atoms with Crippen molar-refractivity contribution >= 4 is 35.0 Å². The first-order chi connectivity index (χ1) is 14.7. The average Bonchev–Trinajstić information content (AvgIpc) is 2.72. The number of rotatable bonds is 5. The number of nitrogens with one attached hydrogen (secondary N) is 3. The number of halogens is 1. The van der Waals surface area contributed by atoms with Gasteiger partial charge in [-0.05, 0) is 63.9 Å². The number of urea groups is 1. The molecule has 2 aromatic rings. The van der Waals surface area contributed by atoms with Gasteiger partial charge in [-0.15, -0.1) is 0 Å². The highest BCUT2D eigenvalue weighted by Gasteiger charge is 2.26. The molecule has 3 N–H and O–H groups in total. The van der Waals surface area contributed by atoms with Crippen LogP contribution in [0.1, 0.15) is 44.0 Å². The Labute approximate surface area is 187 Å². The summed E-state index contributed by atoms with van der Waals surface area (Å²) in [5.74, 6) is 0.182. The van der Waals surface area contributed by atoms with E-state index in [9.17, 15) is 9.59 Å². The van der Waals surface area contributed by atoms with Gasteiger partial charge in [0.05, 0.1) is 11.2 Å². The average molecular weight is 446 g/mol. The molecule has 3 rings (SSSR count). The molecule has 1 atom stereocenters. The zero-order chi connectivity index (χ0) is 22.4. The number of benzene rings is 1. The number of likely N-dealkylation sites (tertiary alicyclic amines) is 1. The zero-order valence-corrected chi connectivity index (χ0v) is 18.7.